The molecule has 0 aromatic heterocycles. The van der Waals surface area contributed by atoms with Crippen molar-refractivity contribution in [2.24, 2.45) is 0 Å². The summed E-state index contributed by atoms with van der Waals surface area (Å²) in [4.78, 5) is 12.2. The predicted octanol–water partition coefficient (Wildman–Crippen LogP) is 3.88. The van der Waals surface area contributed by atoms with Crippen LogP contribution in [-0.2, 0) is 0 Å². The summed E-state index contributed by atoms with van der Waals surface area (Å²) in [6.45, 7) is 4.09. The second kappa shape index (κ2) is 6.19. The van der Waals surface area contributed by atoms with E-state index in [1.807, 2.05) is 61.5 Å². The van der Waals surface area contributed by atoms with Crippen LogP contribution in [0, 0.1) is 6.92 Å². The first-order valence-electron chi connectivity index (χ1n) is 6.63. The van der Waals surface area contributed by atoms with Gasteiger partial charge in [0.15, 0.2) is 0 Å². The maximum atomic E-state index is 12.2. The Kier molecular flexibility index (Phi) is 4.35. The molecule has 0 heterocycles. The average Bonchev–Trinajstić information content (AvgIpc) is 2.46. The molecule has 2 heteroatoms. The molecule has 0 fully saturated rings. The lowest BCUT2D eigenvalue weighted by atomic mass is 10.0. The van der Waals surface area contributed by atoms with E-state index in [9.17, 15) is 4.79 Å². The smallest absolute Gasteiger partial charge is 0.251 e. The highest BCUT2D eigenvalue weighted by Crippen LogP contribution is 2.16. The lowest BCUT2D eigenvalue weighted by Crippen LogP contribution is -2.28. The largest absolute Gasteiger partial charge is 0.345 e. The fourth-order valence-corrected chi connectivity index (χ4v) is 2.05. The minimum Gasteiger partial charge on any atom is -0.345 e. The van der Waals surface area contributed by atoms with Crippen LogP contribution >= 0.6 is 0 Å². The summed E-state index contributed by atoms with van der Waals surface area (Å²) < 4.78 is 0. The molecule has 0 radical (unpaired) electrons. The standard InChI is InChI=1S/C17H19NO/c1-3-16(14-7-5-4-6-8-14)18-17(19)15-11-9-13(2)10-12-15/h4-12,16H,3H2,1-2H3,(H,18,19). The van der Waals surface area contributed by atoms with Crippen molar-refractivity contribution < 1.29 is 4.79 Å². The minimum atomic E-state index is -0.0179. The molecule has 0 bridgehead atoms. The zero-order valence-corrected chi connectivity index (χ0v) is 11.4. The molecular weight excluding hydrogens is 234 g/mol. The molecule has 1 atom stereocenters. The Balaban J connectivity index is 2.10. The van der Waals surface area contributed by atoms with E-state index in [0.717, 1.165) is 17.5 Å². The summed E-state index contributed by atoms with van der Waals surface area (Å²) in [6, 6.07) is 17.8. The highest BCUT2D eigenvalue weighted by atomic mass is 16.1. The normalized spacial score (nSPS) is 11.9. The van der Waals surface area contributed by atoms with Gasteiger partial charge in [0.1, 0.15) is 0 Å². The molecule has 0 saturated carbocycles. The first kappa shape index (κ1) is 13.3. The zero-order valence-electron chi connectivity index (χ0n) is 11.4. The van der Waals surface area contributed by atoms with Gasteiger partial charge in [-0.3, -0.25) is 4.79 Å². The van der Waals surface area contributed by atoms with Gasteiger partial charge in [-0.25, -0.2) is 0 Å². The van der Waals surface area contributed by atoms with E-state index in [2.05, 4.69) is 12.2 Å². The average molecular weight is 253 g/mol. The molecule has 1 N–H and O–H groups in total. The van der Waals surface area contributed by atoms with Crippen LogP contribution in [0.3, 0.4) is 0 Å². The molecule has 0 spiro atoms. The molecule has 2 aromatic carbocycles. The number of amides is 1. The van der Waals surface area contributed by atoms with Crippen molar-refractivity contribution in [1.82, 2.24) is 5.32 Å². The van der Waals surface area contributed by atoms with E-state index < -0.39 is 0 Å². The Bertz CT molecular complexity index is 531. The van der Waals surface area contributed by atoms with E-state index in [1.165, 1.54) is 0 Å². The van der Waals surface area contributed by atoms with Gasteiger partial charge in [0, 0.05) is 5.56 Å². The third-order valence-corrected chi connectivity index (χ3v) is 3.23. The number of benzene rings is 2. The van der Waals surface area contributed by atoms with Crippen LogP contribution in [0.25, 0.3) is 0 Å². The third-order valence-electron chi connectivity index (χ3n) is 3.23. The molecule has 1 amide bonds. The van der Waals surface area contributed by atoms with E-state index >= 15 is 0 Å². The summed E-state index contributed by atoms with van der Waals surface area (Å²) >= 11 is 0. The fourth-order valence-electron chi connectivity index (χ4n) is 2.05. The van der Waals surface area contributed by atoms with Gasteiger partial charge in [-0.05, 0) is 31.0 Å². The van der Waals surface area contributed by atoms with Crippen molar-refractivity contribution in [3.63, 3.8) is 0 Å². The molecule has 2 nitrogen and oxygen atoms in total. The maximum Gasteiger partial charge on any atom is 0.251 e. The van der Waals surface area contributed by atoms with Crippen LogP contribution in [0.1, 0.15) is 40.9 Å². The van der Waals surface area contributed by atoms with E-state index in [0.29, 0.717) is 5.56 Å². The zero-order chi connectivity index (χ0) is 13.7. The molecule has 2 rings (SSSR count). The second-order valence-electron chi connectivity index (χ2n) is 4.71. The molecule has 2 aromatic rings. The molecule has 0 saturated heterocycles. The predicted molar refractivity (Wildman–Crippen MR) is 78.1 cm³/mol. The second-order valence-corrected chi connectivity index (χ2v) is 4.71. The Morgan fingerprint density at radius 3 is 2.26 bits per heavy atom. The van der Waals surface area contributed by atoms with Gasteiger partial charge in [0.05, 0.1) is 6.04 Å². The van der Waals surface area contributed by atoms with Crippen molar-refractivity contribution in [3.05, 3.63) is 71.3 Å². The van der Waals surface area contributed by atoms with Gasteiger partial charge in [-0.1, -0.05) is 55.0 Å². The van der Waals surface area contributed by atoms with Gasteiger partial charge in [-0.15, -0.1) is 0 Å². The van der Waals surface area contributed by atoms with Gasteiger partial charge < -0.3 is 5.32 Å². The van der Waals surface area contributed by atoms with Crippen molar-refractivity contribution >= 4 is 5.91 Å². The quantitative estimate of drug-likeness (QED) is 0.880. The summed E-state index contributed by atoms with van der Waals surface area (Å²) in [7, 11) is 0. The summed E-state index contributed by atoms with van der Waals surface area (Å²) in [5, 5.41) is 3.08. The van der Waals surface area contributed by atoms with Gasteiger partial charge in [-0.2, -0.15) is 0 Å². The molecule has 0 aliphatic carbocycles. The van der Waals surface area contributed by atoms with Crippen molar-refractivity contribution in [3.8, 4) is 0 Å². The van der Waals surface area contributed by atoms with Crippen LogP contribution < -0.4 is 5.32 Å². The molecular formula is C17H19NO. The highest BCUT2D eigenvalue weighted by Gasteiger charge is 2.13. The molecule has 98 valence electrons. The summed E-state index contributed by atoms with van der Waals surface area (Å²) in [6.07, 6.45) is 0.877. The van der Waals surface area contributed by atoms with Crippen molar-refractivity contribution in [2.45, 2.75) is 26.3 Å². The Hall–Kier alpha value is -2.09. The first-order chi connectivity index (χ1) is 9.20. The first-order valence-corrected chi connectivity index (χ1v) is 6.63. The van der Waals surface area contributed by atoms with Crippen molar-refractivity contribution in [2.75, 3.05) is 0 Å². The maximum absolute atomic E-state index is 12.2. The number of hydrogen-bond acceptors (Lipinski definition) is 1. The van der Waals surface area contributed by atoms with Crippen LogP contribution in [0.15, 0.2) is 54.6 Å². The molecule has 0 aliphatic heterocycles. The Labute approximate surface area is 114 Å². The van der Waals surface area contributed by atoms with Gasteiger partial charge in [0.25, 0.3) is 5.91 Å². The lowest BCUT2D eigenvalue weighted by molar-refractivity contribution is 0.0935. The minimum absolute atomic E-state index is 0.0179. The molecule has 0 aliphatic rings. The lowest BCUT2D eigenvalue weighted by Gasteiger charge is -2.17. The van der Waals surface area contributed by atoms with Crippen LogP contribution in [0.5, 0.6) is 0 Å². The van der Waals surface area contributed by atoms with Gasteiger partial charge >= 0.3 is 0 Å². The fraction of sp³-hybridized carbons (Fsp3) is 0.235. The molecule has 19 heavy (non-hydrogen) atoms. The number of aryl methyl sites for hydroxylation is 1. The SMILES string of the molecule is CCC(NC(=O)c1ccc(C)cc1)c1ccccc1. The highest BCUT2D eigenvalue weighted by molar-refractivity contribution is 5.94. The van der Waals surface area contributed by atoms with Crippen molar-refractivity contribution in [1.29, 1.82) is 0 Å². The van der Waals surface area contributed by atoms with Crippen LogP contribution in [0.2, 0.25) is 0 Å². The monoisotopic (exact) mass is 253 g/mol. The summed E-state index contributed by atoms with van der Waals surface area (Å²) in [5.74, 6) is -0.0179. The van der Waals surface area contributed by atoms with E-state index in [4.69, 9.17) is 0 Å². The van der Waals surface area contributed by atoms with Crippen LogP contribution in [0.4, 0.5) is 0 Å². The topological polar surface area (TPSA) is 29.1 Å². The molecule has 1 unspecified atom stereocenters. The van der Waals surface area contributed by atoms with Gasteiger partial charge in [0.2, 0.25) is 0 Å². The van der Waals surface area contributed by atoms with E-state index in [-0.39, 0.29) is 11.9 Å². The summed E-state index contributed by atoms with van der Waals surface area (Å²) in [5.41, 5.74) is 3.01. The number of rotatable bonds is 4. The number of carbonyl (C=O) groups excluding carboxylic acids is 1. The van der Waals surface area contributed by atoms with E-state index in [1.54, 1.807) is 0 Å². The van der Waals surface area contributed by atoms with Crippen LogP contribution in [-0.4, -0.2) is 5.91 Å². The number of hydrogen-bond donors (Lipinski definition) is 1. The Morgan fingerprint density at radius 1 is 1.05 bits per heavy atom. The number of nitrogens with one attached hydrogen (secondary N) is 1. The number of carbonyl (C=O) groups is 1. The Morgan fingerprint density at radius 2 is 1.68 bits per heavy atom. The third kappa shape index (κ3) is 3.44.